The summed E-state index contributed by atoms with van der Waals surface area (Å²) < 4.78 is 1.11. The first-order valence-electron chi connectivity index (χ1n) is 8.91. The van der Waals surface area contributed by atoms with Gasteiger partial charge in [-0.15, -0.1) is 35.5 Å². The minimum Gasteiger partial charge on any atom is -0.364 e. The number of nitrogens with one attached hydrogen (secondary N) is 1. The number of aryl methyl sites for hydroxylation is 1. The molecule has 0 amide bonds. The predicted molar refractivity (Wildman–Crippen MR) is 122 cm³/mol. The summed E-state index contributed by atoms with van der Waals surface area (Å²) in [5, 5.41) is 5.60. The molecule has 142 valence electrons. The highest BCUT2D eigenvalue weighted by molar-refractivity contribution is 7.20. The molecule has 0 bridgehead atoms. The maximum atomic E-state index is 5.88. The Bertz CT molecular complexity index is 1050. The Kier molecular flexibility index (Phi) is 6.77. The summed E-state index contributed by atoms with van der Waals surface area (Å²) >= 11 is 3.50. The van der Waals surface area contributed by atoms with Crippen molar-refractivity contribution in [3.05, 3.63) is 63.4 Å². The van der Waals surface area contributed by atoms with Crippen molar-refractivity contribution < 1.29 is 0 Å². The van der Waals surface area contributed by atoms with Crippen LogP contribution in [0.2, 0.25) is 0 Å². The zero-order valence-electron chi connectivity index (χ0n) is 15.7. The third-order valence-electron chi connectivity index (χ3n) is 4.16. The molecule has 0 saturated carbocycles. The number of benzene rings is 1. The fraction of sp³-hybridized carbons (Fsp3) is 0.182. The molecular formula is C22H22N4S2. The average Bonchev–Trinajstić information content (AvgIpc) is 3.36. The molecule has 3 aromatic heterocycles. The van der Waals surface area contributed by atoms with Crippen molar-refractivity contribution in [1.29, 1.82) is 0 Å². The molecule has 4 nitrogen and oxygen atoms in total. The van der Waals surface area contributed by atoms with Crippen LogP contribution in [0.4, 0.5) is 5.82 Å². The van der Waals surface area contributed by atoms with Crippen molar-refractivity contribution in [1.82, 2.24) is 9.97 Å². The molecule has 0 spiro atoms. The van der Waals surface area contributed by atoms with Crippen LogP contribution in [0, 0.1) is 19.8 Å². The Morgan fingerprint density at radius 1 is 1.07 bits per heavy atom. The summed E-state index contributed by atoms with van der Waals surface area (Å²) in [7, 11) is 0. The normalized spacial score (nSPS) is 10.4. The third-order valence-corrected chi connectivity index (χ3v) is 6.28. The number of terminal acetylenes is 1. The molecule has 3 heterocycles. The molecule has 4 aromatic rings. The first kappa shape index (κ1) is 20.0. The number of nitrogens with zero attached hydrogens (tertiary/aromatic N) is 2. The highest BCUT2D eigenvalue weighted by Gasteiger charge is 2.18. The molecule has 0 atom stereocenters. The van der Waals surface area contributed by atoms with Crippen LogP contribution >= 0.6 is 22.7 Å². The average molecular weight is 407 g/mol. The van der Waals surface area contributed by atoms with Crippen molar-refractivity contribution in [3.63, 3.8) is 0 Å². The minimum absolute atomic E-state index is 0.622. The van der Waals surface area contributed by atoms with Crippen LogP contribution in [0.3, 0.4) is 0 Å². The van der Waals surface area contributed by atoms with E-state index in [1.54, 1.807) is 22.7 Å². The van der Waals surface area contributed by atoms with E-state index in [1.165, 1.54) is 20.9 Å². The number of hydrogen-bond acceptors (Lipinski definition) is 6. The van der Waals surface area contributed by atoms with Gasteiger partial charge < -0.3 is 11.1 Å². The van der Waals surface area contributed by atoms with E-state index < -0.39 is 0 Å². The number of anilines is 1. The molecule has 0 unspecified atom stereocenters. The molecule has 28 heavy (non-hydrogen) atoms. The van der Waals surface area contributed by atoms with E-state index in [4.69, 9.17) is 10.7 Å². The lowest BCUT2D eigenvalue weighted by molar-refractivity contribution is 0.990. The Balaban J connectivity index is 0.00000109. The molecular weight excluding hydrogens is 384 g/mol. The number of aromatic nitrogens is 2. The fourth-order valence-electron chi connectivity index (χ4n) is 3.05. The quantitative estimate of drug-likeness (QED) is 0.438. The molecule has 4 rings (SSSR count). The van der Waals surface area contributed by atoms with E-state index in [0.717, 1.165) is 34.8 Å². The summed E-state index contributed by atoms with van der Waals surface area (Å²) in [5.74, 6) is 1.69. The van der Waals surface area contributed by atoms with Crippen LogP contribution < -0.4 is 11.1 Å². The summed E-state index contributed by atoms with van der Waals surface area (Å²) in [6, 6.07) is 14.6. The van der Waals surface area contributed by atoms with E-state index in [1.807, 2.05) is 13.0 Å². The summed E-state index contributed by atoms with van der Waals surface area (Å²) in [5.41, 5.74) is 9.28. The molecule has 0 aliphatic rings. The molecule has 0 fully saturated rings. The molecule has 0 aliphatic heterocycles. The maximum Gasteiger partial charge on any atom is 0.148 e. The molecule has 0 aliphatic carbocycles. The van der Waals surface area contributed by atoms with Gasteiger partial charge in [0.1, 0.15) is 11.6 Å². The van der Waals surface area contributed by atoms with Gasteiger partial charge in [-0.05, 0) is 36.9 Å². The molecule has 6 heteroatoms. The topological polar surface area (TPSA) is 63.8 Å². The Hall–Kier alpha value is -2.72. The second kappa shape index (κ2) is 9.47. The second-order valence-corrected chi connectivity index (χ2v) is 8.17. The van der Waals surface area contributed by atoms with E-state index in [-0.39, 0.29) is 0 Å². The molecule has 1 aromatic carbocycles. The Morgan fingerprint density at radius 3 is 2.54 bits per heavy atom. The van der Waals surface area contributed by atoms with E-state index in [2.05, 4.69) is 64.9 Å². The van der Waals surface area contributed by atoms with Crippen LogP contribution in [-0.4, -0.2) is 16.5 Å². The van der Waals surface area contributed by atoms with Gasteiger partial charge in [0, 0.05) is 15.3 Å². The fourth-order valence-corrected chi connectivity index (χ4v) is 4.93. The van der Waals surface area contributed by atoms with Gasteiger partial charge in [0.05, 0.1) is 16.8 Å². The van der Waals surface area contributed by atoms with Gasteiger partial charge in [0.15, 0.2) is 0 Å². The number of thiophene rings is 2. The van der Waals surface area contributed by atoms with E-state index in [9.17, 15) is 0 Å². The first-order chi connectivity index (χ1) is 13.8. The van der Waals surface area contributed by atoms with Crippen molar-refractivity contribution in [2.45, 2.75) is 19.9 Å². The number of hydrogen-bond donors (Lipinski definition) is 2. The highest BCUT2D eigenvalue weighted by atomic mass is 32.1. The van der Waals surface area contributed by atoms with Gasteiger partial charge in [-0.25, -0.2) is 9.97 Å². The Labute approximate surface area is 173 Å². The maximum absolute atomic E-state index is 5.88. The van der Waals surface area contributed by atoms with Crippen molar-refractivity contribution in [2.75, 3.05) is 11.9 Å². The standard InChI is InChI=1S/C20H20N4S2.C2H2/c1-13-23-18-17(14-6-3-2-4-7-14)16(9-10-21)26-19(18)20(24-13)22-12-15-8-5-11-25-15;1-2/h2-8,11H,9-10,12,21H2,1H3,(H,22,23,24);1-2H. The third kappa shape index (κ3) is 4.23. The van der Waals surface area contributed by atoms with Crippen LogP contribution in [0.5, 0.6) is 0 Å². The van der Waals surface area contributed by atoms with E-state index >= 15 is 0 Å². The van der Waals surface area contributed by atoms with Crippen molar-refractivity contribution in [3.8, 4) is 24.0 Å². The highest BCUT2D eigenvalue weighted by Crippen LogP contribution is 2.40. The molecule has 0 radical (unpaired) electrons. The molecule has 0 saturated heterocycles. The van der Waals surface area contributed by atoms with Crippen LogP contribution in [0.25, 0.3) is 21.3 Å². The van der Waals surface area contributed by atoms with E-state index in [0.29, 0.717) is 6.54 Å². The van der Waals surface area contributed by atoms with Gasteiger partial charge in [-0.2, -0.15) is 0 Å². The number of rotatable bonds is 6. The van der Waals surface area contributed by atoms with Gasteiger partial charge in [-0.1, -0.05) is 36.4 Å². The number of nitrogens with two attached hydrogens (primary N) is 1. The Morgan fingerprint density at radius 2 is 1.86 bits per heavy atom. The van der Waals surface area contributed by atoms with Crippen LogP contribution in [0.15, 0.2) is 47.8 Å². The lowest BCUT2D eigenvalue weighted by Crippen LogP contribution is -2.02. The van der Waals surface area contributed by atoms with Gasteiger partial charge in [-0.3, -0.25) is 0 Å². The largest absolute Gasteiger partial charge is 0.364 e. The monoisotopic (exact) mass is 406 g/mol. The van der Waals surface area contributed by atoms with Crippen molar-refractivity contribution in [2.24, 2.45) is 5.73 Å². The smallest absolute Gasteiger partial charge is 0.148 e. The van der Waals surface area contributed by atoms with Gasteiger partial charge in [0.2, 0.25) is 0 Å². The summed E-state index contributed by atoms with van der Waals surface area (Å²) in [6.45, 7) is 3.34. The SMILES string of the molecule is C#C.Cc1nc(NCc2cccs2)c2sc(CCN)c(-c3ccccc3)c2n1. The minimum atomic E-state index is 0.622. The lowest BCUT2D eigenvalue weighted by Gasteiger charge is -2.07. The van der Waals surface area contributed by atoms with Gasteiger partial charge >= 0.3 is 0 Å². The predicted octanol–water partition coefficient (Wildman–Crippen LogP) is 5.09. The van der Waals surface area contributed by atoms with Gasteiger partial charge in [0.25, 0.3) is 0 Å². The summed E-state index contributed by atoms with van der Waals surface area (Å²) in [6.07, 6.45) is 8.84. The molecule has 3 N–H and O–H groups in total. The number of fused-ring (bicyclic) bond motifs is 1. The summed E-state index contributed by atoms with van der Waals surface area (Å²) in [4.78, 5) is 12.0. The van der Waals surface area contributed by atoms with Crippen LogP contribution in [0.1, 0.15) is 15.6 Å². The zero-order chi connectivity index (χ0) is 19.9. The van der Waals surface area contributed by atoms with Crippen LogP contribution in [-0.2, 0) is 13.0 Å². The second-order valence-electron chi connectivity index (χ2n) is 6.04. The lowest BCUT2D eigenvalue weighted by atomic mass is 10.0. The first-order valence-corrected chi connectivity index (χ1v) is 10.6. The zero-order valence-corrected chi connectivity index (χ0v) is 17.3. The van der Waals surface area contributed by atoms with Crippen molar-refractivity contribution >= 4 is 38.7 Å².